The zero-order valence-corrected chi connectivity index (χ0v) is 19.2. The SMILES string of the molecule is CCN(C(=O)c1csc(C2CCN(C(=O)c3ccccc3C(F)(F)F)CC2)n1)c1nncs1. The molecule has 1 aliphatic heterocycles. The second-order valence-corrected chi connectivity index (χ2v) is 9.15. The minimum atomic E-state index is -4.59. The van der Waals surface area contributed by atoms with Crippen molar-refractivity contribution in [3.05, 3.63) is 57.0 Å². The molecule has 1 saturated heterocycles. The fraction of sp³-hybridized carbons (Fsp3) is 0.381. The first-order valence-corrected chi connectivity index (χ1v) is 12.0. The van der Waals surface area contributed by atoms with E-state index in [1.807, 2.05) is 6.92 Å². The third-order valence-electron chi connectivity index (χ3n) is 5.48. The molecule has 0 bridgehead atoms. The molecule has 2 amide bonds. The Kier molecular flexibility index (Phi) is 6.75. The monoisotopic (exact) mass is 495 g/mol. The molecule has 1 fully saturated rings. The maximum Gasteiger partial charge on any atom is 0.417 e. The molecule has 0 spiro atoms. The molecule has 1 aliphatic rings. The highest BCUT2D eigenvalue weighted by atomic mass is 32.1. The Hall–Kier alpha value is -2.86. The van der Waals surface area contributed by atoms with Crippen molar-refractivity contribution in [2.45, 2.75) is 31.9 Å². The number of nitrogens with zero attached hydrogens (tertiary/aromatic N) is 5. The van der Waals surface area contributed by atoms with E-state index in [-0.39, 0.29) is 17.4 Å². The summed E-state index contributed by atoms with van der Waals surface area (Å²) in [4.78, 5) is 33.1. The van der Waals surface area contributed by atoms with Crippen LogP contribution in [0.4, 0.5) is 18.3 Å². The van der Waals surface area contributed by atoms with E-state index < -0.39 is 17.6 Å². The van der Waals surface area contributed by atoms with Gasteiger partial charge in [-0.1, -0.05) is 23.5 Å². The van der Waals surface area contributed by atoms with Crippen molar-refractivity contribution in [2.75, 3.05) is 24.5 Å². The molecule has 7 nitrogen and oxygen atoms in total. The molecular weight excluding hydrogens is 475 g/mol. The average molecular weight is 496 g/mol. The van der Waals surface area contributed by atoms with Gasteiger partial charge in [-0.2, -0.15) is 13.2 Å². The first kappa shape index (κ1) is 23.3. The Morgan fingerprint density at radius 3 is 2.55 bits per heavy atom. The molecule has 0 saturated carbocycles. The number of piperidine rings is 1. The lowest BCUT2D eigenvalue weighted by Gasteiger charge is -2.31. The summed E-state index contributed by atoms with van der Waals surface area (Å²) in [5, 5.41) is 10.7. The number of aromatic nitrogens is 3. The maximum atomic E-state index is 13.3. The van der Waals surface area contributed by atoms with E-state index in [4.69, 9.17) is 0 Å². The Bertz CT molecular complexity index is 1130. The van der Waals surface area contributed by atoms with Crippen LogP contribution in [0.25, 0.3) is 0 Å². The number of carbonyl (C=O) groups is 2. The molecule has 0 N–H and O–H groups in total. The Labute approximate surface area is 195 Å². The number of amides is 2. The van der Waals surface area contributed by atoms with Gasteiger partial charge in [0.25, 0.3) is 11.8 Å². The molecule has 3 heterocycles. The van der Waals surface area contributed by atoms with Gasteiger partial charge < -0.3 is 4.90 Å². The number of rotatable bonds is 5. The van der Waals surface area contributed by atoms with Crippen LogP contribution in [-0.2, 0) is 6.18 Å². The largest absolute Gasteiger partial charge is 0.417 e. The van der Waals surface area contributed by atoms with E-state index in [1.165, 1.54) is 50.7 Å². The molecule has 0 unspecified atom stereocenters. The van der Waals surface area contributed by atoms with Crippen LogP contribution in [0.5, 0.6) is 0 Å². The molecule has 12 heteroatoms. The van der Waals surface area contributed by atoms with E-state index in [1.54, 1.807) is 10.9 Å². The molecule has 1 aromatic carbocycles. The van der Waals surface area contributed by atoms with Crippen molar-refractivity contribution >= 4 is 39.6 Å². The standard InChI is InChI=1S/C21H20F3N5O2S2/c1-2-29(20-27-25-12-33-20)19(31)16-11-32-17(26-16)13-7-9-28(10-8-13)18(30)14-5-3-4-6-15(14)21(22,23)24/h3-6,11-13H,2,7-10H2,1H3. The van der Waals surface area contributed by atoms with Gasteiger partial charge in [-0.25, -0.2) is 4.98 Å². The average Bonchev–Trinajstić information content (AvgIpc) is 3.51. The molecule has 4 rings (SSSR count). The lowest BCUT2D eigenvalue weighted by Crippen LogP contribution is -2.38. The predicted molar refractivity (Wildman–Crippen MR) is 119 cm³/mol. The highest BCUT2D eigenvalue weighted by molar-refractivity contribution is 7.13. The van der Waals surface area contributed by atoms with Crippen LogP contribution in [0.15, 0.2) is 35.2 Å². The normalized spacial score (nSPS) is 15.0. The summed E-state index contributed by atoms with van der Waals surface area (Å²) in [6.45, 7) is 2.92. The van der Waals surface area contributed by atoms with Crippen molar-refractivity contribution in [3.63, 3.8) is 0 Å². The molecule has 0 aliphatic carbocycles. The van der Waals surface area contributed by atoms with Crippen molar-refractivity contribution in [3.8, 4) is 0 Å². The van der Waals surface area contributed by atoms with Crippen LogP contribution in [0.3, 0.4) is 0 Å². The zero-order valence-electron chi connectivity index (χ0n) is 17.6. The number of benzene rings is 1. The fourth-order valence-electron chi connectivity index (χ4n) is 3.78. The zero-order chi connectivity index (χ0) is 23.6. The quantitative estimate of drug-likeness (QED) is 0.513. The van der Waals surface area contributed by atoms with E-state index >= 15 is 0 Å². The first-order chi connectivity index (χ1) is 15.8. The number of likely N-dealkylation sites (tertiary alicyclic amines) is 1. The van der Waals surface area contributed by atoms with Gasteiger partial charge >= 0.3 is 6.18 Å². The van der Waals surface area contributed by atoms with Gasteiger partial charge in [0.15, 0.2) is 0 Å². The molecule has 0 radical (unpaired) electrons. The molecule has 33 heavy (non-hydrogen) atoms. The fourth-order valence-corrected chi connectivity index (χ4v) is 5.37. The van der Waals surface area contributed by atoms with E-state index in [2.05, 4.69) is 15.2 Å². The van der Waals surface area contributed by atoms with Gasteiger partial charge in [0.2, 0.25) is 5.13 Å². The third kappa shape index (κ3) is 4.91. The van der Waals surface area contributed by atoms with Crippen LogP contribution in [0, 0.1) is 0 Å². The van der Waals surface area contributed by atoms with Gasteiger partial charge in [0, 0.05) is 30.9 Å². The first-order valence-electron chi connectivity index (χ1n) is 10.3. The predicted octanol–water partition coefficient (Wildman–Crippen LogP) is 4.70. The molecular formula is C21H20F3N5O2S2. The van der Waals surface area contributed by atoms with E-state index in [9.17, 15) is 22.8 Å². The summed E-state index contributed by atoms with van der Waals surface area (Å²) in [7, 11) is 0. The topological polar surface area (TPSA) is 79.3 Å². The number of carbonyl (C=O) groups excluding carboxylic acids is 2. The molecule has 2 aromatic heterocycles. The Morgan fingerprint density at radius 1 is 1.18 bits per heavy atom. The van der Waals surface area contributed by atoms with Gasteiger partial charge in [-0.3, -0.25) is 14.5 Å². The minimum Gasteiger partial charge on any atom is -0.339 e. The lowest BCUT2D eigenvalue weighted by atomic mass is 9.96. The summed E-state index contributed by atoms with van der Waals surface area (Å²) >= 11 is 2.65. The highest BCUT2D eigenvalue weighted by Crippen LogP contribution is 2.35. The molecule has 174 valence electrons. The maximum absolute atomic E-state index is 13.3. The summed E-state index contributed by atoms with van der Waals surface area (Å²) in [5.41, 5.74) is 0.627. The van der Waals surface area contributed by atoms with Crippen molar-refractivity contribution in [1.82, 2.24) is 20.1 Å². The van der Waals surface area contributed by atoms with Crippen LogP contribution in [0.1, 0.15) is 57.1 Å². The van der Waals surface area contributed by atoms with Gasteiger partial charge in [0.05, 0.1) is 16.1 Å². The van der Waals surface area contributed by atoms with E-state index in [0.29, 0.717) is 43.3 Å². The number of halogens is 3. The molecule has 0 atom stereocenters. The summed E-state index contributed by atoms with van der Waals surface area (Å²) < 4.78 is 39.9. The molecule has 3 aromatic rings. The third-order valence-corrected chi connectivity index (χ3v) is 7.20. The van der Waals surface area contributed by atoms with Crippen LogP contribution >= 0.6 is 22.7 Å². The van der Waals surface area contributed by atoms with Crippen LogP contribution in [-0.4, -0.2) is 51.5 Å². The van der Waals surface area contributed by atoms with Crippen molar-refractivity contribution in [2.24, 2.45) is 0 Å². The second-order valence-electron chi connectivity index (χ2n) is 7.45. The number of thiazole rings is 1. The van der Waals surface area contributed by atoms with Gasteiger partial charge in [0.1, 0.15) is 11.2 Å². The Morgan fingerprint density at radius 2 is 1.91 bits per heavy atom. The van der Waals surface area contributed by atoms with E-state index in [0.717, 1.165) is 11.1 Å². The smallest absolute Gasteiger partial charge is 0.339 e. The Balaban J connectivity index is 1.42. The number of anilines is 1. The van der Waals surface area contributed by atoms with Crippen LogP contribution in [0.2, 0.25) is 0 Å². The lowest BCUT2D eigenvalue weighted by molar-refractivity contribution is -0.138. The van der Waals surface area contributed by atoms with Gasteiger partial charge in [-0.15, -0.1) is 21.5 Å². The van der Waals surface area contributed by atoms with Crippen molar-refractivity contribution in [1.29, 1.82) is 0 Å². The summed E-state index contributed by atoms with van der Waals surface area (Å²) in [6.07, 6.45) is -3.46. The van der Waals surface area contributed by atoms with Crippen LogP contribution < -0.4 is 4.90 Å². The van der Waals surface area contributed by atoms with Gasteiger partial charge in [-0.05, 0) is 31.9 Å². The number of alkyl halides is 3. The summed E-state index contributed by atoms with van der Waals surface area (Å²) in [5.74, 6) is -0.838. The second kappa shape index (κ2) is 9.56. The van der Waals surface area contributed by atoms with Crippen molar-refractivity contribution < 1.29 is 22.8 Å². The minimum absolute atomic E-state index is 0.0371. The number of hydrogen-bond donors (Lipinski definition) is 0. The highest BCUT2D eigenvalue weighted by Gasteiger charge is 2.37. The summed E-state index contributed by atoms with van der Waals surface area (Å²) in [6, 6.07) is 4.85. The number of hydrogen-bond acceptors (Lipinski definition) is 7.